The predicted octanol–water partition coefficient (Wildman–Crippen LogP) is 7.92. The van der Waals surface area contributed by atoms with Crippen molar-refractivity contribution in [3.8, 4) is 28.0 Å². The van der Waals surface area contributed by atoms with Crippen molar-refractivity contribution in [2.45, 2.75) is 40.7 Å². The zero-order valence-corrected chi connectivity index (χ0v) is 35.4. The Hall–Kier alpha value is -3.27. The smallest absolute Gasteiger partial charge is 0.383 e. The molecule has 4 aromatic rings. The third-order valence-electron chi connectivity index (χ3n) is 5.81. The van der Waals surface area contributed by atoms with Crippen molar-refractivity contribution in [1.29, 1.82) is 0 Å². The zero-order valence-electron chi connectivity index (χ0n) is 22.7. The molecule has 207 valence electrons. The maximum Gasteiger partial charge on any atom is 0.383 e. The first kappa shape index (κ1) is 37.9. The Morgan fingerprint density at radius 1 is 0.718 bits per heavy atom. The molecule has 0 amide bonds. The number of nitrogen functional groups attached to an aromatic ring is 1. The van der Waals surface area contributed by atoms with Crippen molar-refractivity contribution >= 4 is 5.69 Å². The van der Waals surface area contributed by atoms with Crippen LogP contribution in [0.3, 0.4) is 0 Å². The Bertz CT molecular complexity index is 1360. The number of benzene rings is 4. The van der Waals surface area contributed by atoms with Crippen LogP contribution in [0.1, 0.15) is 33.4 Å². The number of anilines is 1. The fraction of sp³-hybridized carbons (Fsp3) is 0.194. The number of alkyl halides is 2. The number of hydrogen-bond acceptors (Lipinski definition) is 2. The molecule has 0 atom stereocenters. The predicted molar refractivity (Wildman–Crippen MR) is 138 cm³/mol. The maximum absolute atomic E-state index is 14.8. The summed E-state index contributed by atoms with van der Waals surface area (Å²) in [7, 11) is 0. The fourth-order valence-electron chi connectivity index (χ4n) is 4.41. The Morgan fingerprint density at radius 2 is 1.23 bits per heavy atom. The zero-order chi connectivity index (χ0) is 24.6. The van der Waals surface area contributed by atoms with Gasteiger partial charge in [0.05, 0.1) is 0 Å². The van der Waals surface area contributed by atoms with Crippen molar-refractivity contribution in [2.75, 3.05) is 5.73 Å². The van der Waals surface area contributed by atoms with Gasteiger partial charge >= 0.3 is 6.11 Å². The normalized spacial score (nSPS) is 10.0. The third-order valence-corrected chi connectivity index (χ3v) is 5.81. The number of nitrogens with two attached hydrogens (primary N) is 1. The third kappa shape index (κ3) is 8.11. The van der Waals surface area contributed by atoms with E-state index in [4.69, 9.17) is 10.5 Å². The Kier molecular flexibility index (Phi) is 14.3. The van der Waals surface area contributed by atoms with Gasteiger partial charge in [0.25, 0.3) is 0 Å². The molecule has 0 aliphatic rings. The SMILES string of the molecule is Cc1cc(C)c(-c2c[c-]c(-c3c[c-]c(C(F)(F)Oc4c[c-]c(N)[c-]c4)c(C)c3)c(C)c2)c(C)c1.[CH3-].[Cm].[Es].[La].[La]. The van der Waals surface area contributed by atoms with Crippen molar-refractivity contribution in [1.82, 2.24) is 0 Å². The van der Waals surface area contributed by atoms with Gasteiger partial charge in [0.15, 0.2) is 0 Å². The van der Waals surface area contributed by atoms with E-state index in [0.29, 0.717) is 5.56 Å². The molecule has 0 aliphatic carbocycles. The molecule has 0 bridgehead atoms. The molecule has 0 saturated carbocycles. The van der Waals surface area contributed by atoms with E-state index in [-0.39, 0.29) is 95.6 Å². The summed E-state index contributed by atoms with van der Waals surface area (Å²) in [6, 6.07) is 25.5. The first-order valence-electron chi connectivity index (χ1n) is 10.9. The first-order chi connectivity index (χ1) is 16.0. The van der Waals surface area contributed by atoms with Gasteiger partial charge in [-0.1, -0.05) is 53.8 Å². The van der Waals surface area contributed by atoms with Crippen LogP contribution in [0.5, 0.6) is 5.75 Å². The van der Waals surface area contributed by atoms with E-state index in [1.54, 1.807) is 19.1 Å². The summed E-state index contributed by atoms with van der Waals surface area (Å²) in [4.78, 5) is 0. The van der Waals surface area contributed by atoms with Gasteiger partial charge in [0.1, 0.15) is 0 Å². The van der Waals surface area contributed by atoms with E-state index >= 15 is 0 Å². The summed E-state index contributed by atoms with van der Waals surface area (Å²) in [6.45, 7) is 9.93. The second kappa shape index (κ2) is 14.8. The van der Waals surface area contributed by atoms with E-state index in [1.165, 1.54) is 34.4 Å². The summed E-state index contributed by atoms with van der Waals surface area (Å²) in [6.07, 6.45) is -3.57. The van der Waals surface area contributed by atoms with E-state index in [2.05, 4.69) is 63.2 Å². The number of aryl methyl sites for hydroxylation is 5. The average molecular weight is 1250 g/mol. The van der Waals surface area contributed by atoms with Gasteiger partial charge in [-0.3, -0.25) is 12.1 Å². The van der Waals surface area contributed by atoms with Crippen LogP contribution >= 0.6 is 0 Å². The minimum absolute atomic E-state index is 0. The molecule has 4 aromatic carbocycles. The molecule has 0 saturated heterocycles. The molecule has 0 aliphatic heterocycles. The van der Waals surface area contributed by atoms with Crippen LogP contribution in [0.2, 0.25) is 0 Å². The van der Waals surface area contributed by atoms with Crippen LogP contribution < -0.4 is 10.5 Å². The Labute approximate surface area is 275 Å². The number of rotatable bonds is 5. The fourth-order valence-corrected chi connectivity index (χ4v) is 4.41. The summed E-state index contributed by atoms with van der Waals surface area (Å²) in [5.74, 6) is -0.0717. The summed E-state index contributed by atoms with van der Waals surface area (Å²) >= 11 is 0. The van der Waals surface area contributed by atoms with Crippen LogP contribution in [0.4, 0.5) is 14.5 Å². The molecule has 3 radical (unpaired) electrons. The largest absolute Gasteiger partial charge is 0.557 e. The number of halogens is 2. The minimum atomic E-state index is -3.57. The summed E-state index contributed by atoms with van der Waals surface area (Å²) in [5.41, 5.74) is 14.4. The number of hydrogen-bond donors (Lipinski definition) is 1. The van der Waals surface area contributed by atoms with Crippen LogP contribution in [0.25, 0.3) is 22.3 Å². The average Bonchev–Trinajstić information content (AvgIpc) is 2.74. The second-order valence-corrected chi connectivity index (χ2v) is 8.68. The maximum atomic E-state index is 14.8. The van der Waals surface area contributed by atoms with Gasteiger partial charge in [0, 0.05) is 71.2 Å². The summed E-state index contributed by atoms with van der Waals surface area (Å²) in [5, 5.41) is 0. The van der Waals surface area contributed by atoms with Crippen LogP contribution in [0.15, 0.2) is 48.5 Å². The molecule has 8 heteroatoms. The van der Waals surface area contributed by atoms with Gasteiger partial charge in [-0.05, 0) is 26.3 Å². The number of ether oxygens (including phenoxy) is 1. The van der Waals surface area contributed by atoms with Crippen molar-refractivity contribution in [3.63, 3.8) is 0 Å². The standard InChI is InChI=1S/C30H25F2NO.CH3.Cm.Es.2La/c1-18-14-21(4)29(22(5)15-18)24-6-12-27(19(2)16-24)23-7-13-28(20(3)17-23)30(31,32)34-26-10-8-25(33)9-11-26;;;;;/h6-7,10-11,14-17H,33H2,1-5H3;1H3;;;;/q-4;-1;;;;. The molecule has 2 nitrogen and oxygen atoms in total. The molecule has 0 heterocycles. The van der Waals surface area contributed by atoms with Gasteiger partial charge in [-0.2, -0.15) is 32.5 Å². The van der Waals surface area contributed by atoms with Gasteiger partial charge < -0.3 is 30.0 Å². The van der Waals surface area contributed by atoms with E-state index in [9.17, 15) is 8.78 Å². The van der Waals surface area contributed by atoms with Crippen molar-refractivity contribution < 1.29 is 84.7 Å². The van der Waals surface area contributed by atoms with Crippen LogP contribution in [0, 0.1) is 138 Å². The molecule has 4 rings (SSSR count). The Morgan fingerprint density at radius 3 is 1.74 bits per heavy atom. The molecule has 0 spiro atoms. The van der Waals surface area contributed by atoms with E-state index in [0.717, 1.165) is 22.3 Å². The van der Waals surface area contributed by atoms with Crippen molar-refractivity contribution in [2.24, 2.45) is 0 Å². The van der Waals surface area contributed by atoms with Gasteiger partial charge in [0.2, 0.25) is 0 Å². The van der Waals surface area contributed by atoms with Gasteiger partial charge in [-0.25, -0.2) is 5.69 Å². The monoisotopic (exact) mass is 1240 g/mol. The van der Waals surface area contributed by atoms with Crippen LogP contribution in [-0.4, -0.2) is 0 Å². The Balaban J connectivity index is 0. The molecule has 2 N–H and O–H groups in total. The molecular formula is C31H28CmEsF2La2NO-5. The molecule has 0 fully saturated rings. The van der Waals surface area contributed by atoms with Crippen molar-refractivity contribution in [3.05, 3.63) is 114 Å². The van der Waals surface area contributed by atoms with E-state index in [1.807, 2.05) is 13.0 Å². The van der Waals surface area contributed by atoms with Crippen LogP contribution in [-0.2, 0) is 6.11 Å². The molecule has 0 unspecified atom stereocenters. The molecule has 0 aromatic heterocycles. The topological polar surface area (TPSA) is 35.2 Å². The first-order valence-corrected chi connectivity index (χ1v) is 10.9. The molecule has 39 heavy (non-hydrogen) atoms. The quantitative estimate of drug-likeness (QED) is 0.163. The molecular weight excluding hydrogens is 1220 g/mol. The summed E-state index contributed by atoms with van der Waals surface area (Å²) < 4.78 is 34.6. The second-order valence-electron chi connectivity index (χ2n) is 8.68. The van der Waals surface area contributed by atoms with Gasteiger partial charge in [-0.15, -0.1) is 40.6 Å². The minimum Gasteiger partial charge on any atom is -0.557 e. The van der Waals surface area contributed by atoms with E-state index < -0.39 is 6.11 Å².